The van der Waals surface area contributed by atoms with Crippen LogP contribution in [0.3, 0.4) is 0 Å². The zero-order valence-electron chi connectivity index (χ0n) is 10.6. The van der Waals surface area contributed by atoms with Gasteiger partial charge in [0.15, 0.2) is 5.78 Å². The van der Waals surface area contributed by atoms with Crippen molar-refractivity contribution >= 4 is 17.5 Å². The Morgan fingerprint density at radius 3 is 2.83 bits per heavy atom. The Morgan fingerprint density at radius 1 is 1.44 bits per heavy atom. The second-order valence-corrected chi connectivity index (χ2v) is 5.34. The maximum atomic E-state index is 12.1. The number of hydrogen-bond donors (Lipinski definition) is 1. The lowest BCUT2D eigenvalue weighted by atomic mass is 10.0. The fraction of sp³-hybridized carbons (Fsp3) is 0.429. The van der Waals surface area contributed by atoms with Gasteiger partial charge in [0.25, 0.3) is 0 Å². The minimum absolute atomic E-state index is 0.0996. The average Bonchev–Trinajstić information content (AvgIpc) is 3.06. The summed E-state index contributed by atoms with van der Waals surface area (Å²) in [4.78, 5) is 25.2. The van der Waals surface area contributed by atoms with E-state index < -0.39 is 0 Å². The molecule has 1 aliphatic carbocycles. The summed E-state index contributed by atoms with van der Waals surface area (Å²) in [5, 5.41) is 2.81. The Bertz CT molecular complexity index is 539. The monoisotopic (exact) mass is 244 g/mol. The minimum atomic E-state index is -0.0996. The molecule has 1 saturated carbocycles. The number of carbonyl (C=O) groups excluding carboxylic acids is 2. The third-order valence-corrected chi connectivity index (χ3v) is 3.83. The zero-order chi connectivity index (χ0) is 12.9. The summed E-state index contributed by atoms with van der Waals surface area (Å²) in [6.45, 7) is 2.66. The van der Waals surface area contributed by atoms with Crippen molar-refractivity contribution in [2.45, 2.75) is 19.9 Å². The fourth-order valence-electron chi connectivity index (χ4n) is 2.44. The highest BCUT2D eigenvalue weighted by Gasteiger charge is 2.39. The minimum Gasteiger partial charge on any atom is -0.323 e. The number of nitrogens with zero attached hydrogens (tertiary/aromatic N) is 1. The van der Waals surface area contributed by atoms with E-state index in [0.29, 0.717) is 12.5 Å². The molecule has 1 heterocycles. The molecule has 2 aliphatic rings. The van der Waals surface area contributed by atoms with Gasteiger partial charge in [-0.15, -0.1) is 0 Å². The predicted molar refractivity (Wildman–Crippen MR) is 68.5 cm³/mol. The van der Waals surface area contributed by atoms with Crippen molar-refractivity contribution in [2.24, 2.45) is 11.8 Å². The number of rotatable bonds is 2. The first kappa shape index (κ1) is 11.3. The number of hydrogen-bond acceptors (Lipinski definition) is 2. The topological polar surface area (TPSA) is 49.4 Å². The van der Waals surface area contributed by atoms with Crippen LogP contribution in [0.5, 0.6) is 0 Å². The summed E-state index contributed by atoms with van der Waals surface area (Å²) in [6.07, 6.45) is 1.01. The molecule has 0 aromatic heterocycles. The van der Waals surface area contributed by atoms with E-state index in [0.717, 1.165) is 23.2 Å². The molecule has 1 aromatic carbocycles. The maximum absolute atomic E-state index is 12.1. The van der Waals surface area contributed by atoms with Gasteiger partial charge < -0.3 is 10.2 Å². The third kappa shape index (κ3) is 1.78. The maximum Gasteiger partial charge on any atom is 0.321 e. The highest BCUT2D eigenvalue weighted by atomic mass is 16.2. The number of ketones is 1. The summed E-state index contributed by atoms with van der Waals surface area (Å²) in [5.41, 5.74) is 2.60. The number of anilines is 1. The number of urea groups is 1. The van der Waals surface area contributed by atoms with E-state index in [1.165, 1.54) is 0 Å². The van der Waals surface area contributed by atoms with Crippen LogP contribution in [-0.2, 0) is 6.54 Å². The van der Waals surface area contributed by atoms with Crippen molar-refractivity contribution in [3.63, 3.8) is 0 Å². The van der Waals surface area contributed by atoms with Crippen LogP contribution in [0.4, 0.5) is 10.5 Å². The molecule has 2 unspecified atom stereocenters. The Morgan fingerprint density at radius 2 is 2.17 bits per heavy atom. The third-order valence-electron chi connectivity index (χ3n) is 3.83. The molecule has 0 bridgehead atoms. The summed E-state index contributed by atoms with van der Waals surface area (Å²) in [6, 6.07) is 5.47. The second kappa shape index (κ2) is 3.83. The van der Waals surface area contributed by atoms with Crippen molar-refractivity contribution in [2.75, 3.05) is 12.4 Å². The van der Waals surface area contributed by atoms with Crippen molar-refractivity contribution in [3.05, 3.63) is 29.3 Å². The van der Waals surface area contributed by atoms with Crippen LogP contribution >= 0.6 is 0 Å². The highest BCUT2D eigenvalue weighted by Crippen LogP contribution is 2.40. The van der Waals surface area contributed by atoms with Crippen LogP contribution in [0, 0.1) is 11.8 Å². The number of fused-ring (bicyclic) bond motifs is 1. The number of carbonyl (C=O) groups is 2. The summed E-state index contributed by atoms with van der Waals surface area (Å²) in [5.74, 6) is 0.972. The Hall–Kier alpha value is -1.84. The summed E-state index contributed by atoms with van der Waals surface area (Å²) < 4.78 is 0. The molecule has 0 radical (unpaired) electrons. The van der Waals surface area contributed by atoms with Gasteiger partial charge in [0.05, 0.1) is 0 Å². The largest absolute Gasteiger partial charge is 0.323 e. The Balaban J connectivity index is 1.89. The molecule has 4 heteroatoms. The molecule has 4 nitrogen and oxygen atoms in total. The van der Waals surface area contributed by atoms with Crippen LogP contribution in [0.1, 0.15) is 29.3 Å². The number of amides is 2. The average molecular weight is 244 g/mol. The molecule has 1 N–H and O–H groups in total. The normalized spacial score (nSPS) is 25.4. The SMILES string of the molecule is CC1CC1C(=O)c1ccc2c(c1)CN(C)C(=O)N2. The molecule has 94 valence electrons. The van der Waals surface area contributed by atoms with Gasteiger partial charge >= 0.3 is 6.03 Å². The molecule has 1 fully saturated rings. The van der Waals surface area contributed by atoms with E-state index in [4.69, 9.17) is 0 Å². The van der Waals surface area contributed by atoms with Crippen molar-refractivity contribution in [1.29, 1.82) is 0 Å². The molecular formula is C14H16N2O2. The highest BCUT2D eigenvalue weighted by molar-refractivity contribution is 6.01. The van der Waals surface area contributed by atoms with Crippen molar-refractivity contribution < 1.29 is 9.59 Å². The standard InChI is InChI=1S/C14H16N2O2/c1-8-5-11(8)13(17)9-3-4-12-10(6-9)7-16(2)14(18)15-12/h3-4,6,8,11H,5,7H2,1-2H3,(H,15,18). The van der Waals surface area contributed by atoms with E-state index in [9.17, 15) is 9.59 Å². The first-order valence-corrected chi connectivity index (χ1v) is 6.25. The first-order valence-electron chi connectivity index (χ1n) is 6.25. The van der Waals surface area contributed by atoms with Gasteiger partial charge in [-0.2, -0.15) is 0 Å². The van der Waals surface area contributed by atoms with Gasteiger partial charge in [-0.1, -0.05) is 6.92 Å². The van der Waals surface area contributed by atoms with Crippen molar-refractivity contribution in [3.8, 4) is 0 Å². The Kier molecular flexibility index (Phi) is 2.40. The quantitative estimate of drug-likeness (QED) is 0.812. The fourth-order valence-corrected chi connectivity index (χ4v) is 2.44. The first-order chi connectivity index (χ1) is 8.56. The van der Waals surface area contributed by atoms with Gasteiger partial charge in [0, 0.05) is 30.8 Å². The van der Waals surface area contributed by atoms with E-state index in [-0.39, 0.29) is 17.7 Å². The predicted octanol–water partition coefficient (Wildman–Crippen LogP) is 2.50. The molecule has 1 aromatic rings. The molecule has 3 rings (SSSR count). The van der Waals surface area contributed by atoms with Gasteiger partial charge in [-0.05, 0) is 36.1 Å². The number of nitrogens with one attached hydrogen (secondary N) is 1. The molecule has 1 aliphatic heterocycles. The smallest absolute Gasteiger partial charge is 0.321 e. The molecule has 2 atom stereocenters. The number of Topliss-reactive ketones (excluding diaryl/α,β-unsaturated/α-hetero) is 1. The number of benzene rings is 1. The molecule has 0 spiro atoms. The molecular weight excluding hydrogens is 228 g/mol. The van der Waals surface area contributed by atoms with E-state index in [2.05, 4.69) is 12.2 Å². The van der Waals surface area contributed by atoms with Crippen LogP contribution in [0.15, 0.2) is 18.2 Å². The van der Waals surface area contributed by atoms with Gasteiger partial charge in [0.2, 0.25) is 0 Å². The van der Waals surface area contributed by atoms with Gasteiger partial charge in [-0.3, -0.25) is 4.79 Å². The molecule has 0 saturated heterocycles. The zero-order valence-corrected chi connectivity index (χ0v) is 10.6. The lowest BCUT2D eigenvalue weighted by Crippen LogP contribution is -2.35. The second-order valence-electron chi connectivity index (χ2n) is 5.34. The molecule has 18 heavy (non-hydrogen) atoms. The van der Waals surface area contributed by atoms with Gasteiger partial charge in [-0.25, -0.2) is 4.79 Å². The molecule has 2 amide bonds. The van der Waals surface area contributed by atoms with Crippen LogP contribution in [0.25, 0.3) is 0 Å². The Labute approximate surface area is 106 Å². The van der Waals surface area contributed by atoms with Crippen LogP contribution < -0.4 is 5.32 Å². The lowest BCUT2D eigenvalue weighted by molar-refractivity contribution is 0.0962. The summed E-state index contributed by atoms with van der Waals surface area (Å²) in [7, 11) is 1.75. The van der Waals surface area contributed by atoms with E-state index in [1.54, 1.807) is 11.9 Å². The van der Waals surface area contributed by atoms with E-state index in [1.807, 2.05) is 18.2 Å². The van der Waals surface area contributed by atoms with Crippen LogP contribution in [-0.4, -0.2) is 23.8 Å². The van der Waals surface area contributed by atoms with E-state index >= 15 is 0 Å². The van der Waals surface area contributed by atoms with Crippen molar-refractivity contribution in [1.82, 2.24) is 4.90 Å². The summed E-state index contributed by atoms with van der Waals surface area (Å²) >= 11 is 0. The van der Waals surface area contributed by atoms with Crippen LogP contribution in [0.2, 0.25) is 0 Å². The lowest BCUT2D eigenvalue weighted by Gasteiger charge is -2.26. The van der Waals surface area contributed by atoms with Gasteiger partial charge in [0.1, 0.15) is 0 Å².